The molecule has 1 aromatic carbocycles. The fourth-order valence-corrected chi connectivity index (χ4v) is 4.28. The highest BCUT2D eigenvalue weighted by atomic mass is 35.5. The lowest BCUT2D eigenvalue weighted by Gasteiger charge is -2.15. The van der Waals surface area contributed by atoms with E-state index in [1.165, 1.54) is 23.9 Å². The first-order valence-electron chi connectivity index (χ1n) is 10.2. The van der Waals surface area contributed by atoms with Gasteiger partial charge in [0, 0.05) is 54.1 Å². The van der Waals surface area contributed by atoms with Crippen LogP contribution in [-0.4, -0.2) is 54.4 Å². The van der Waals surface area contributed by atoms with E-state index in [1.807, 2.05) is 18.3 Å². The number of nitrogens with one attached hydrogen (secondary N) is 1. The van der Waals surface area contributed by atoms with Crippen molar-refractivity contribution in [2.45, 2.75) is 37.8 Å². The molecule has 2 fully saturated rings. The lowest BCUT2D eigenvalue weighted by molar-refractivity contribution is 0.243. The molecule has 156 valence electrons. The van der Waals surface area contributed by atoms with Crippen LogP contribution in [0.4, 0.5) is 4.39 Å². The van der Waals surface area contributed by atoms with Gasteiger partial charge in [0.1, 0.15) is 6.17 Å². The molecular formula is C22H27ClFN3O2. The minimum absolute atomic E-state index is 0. The second-order valence-electron chi connectivity index (χ2n) is 7.96. The molecule has 1 aliphatic carbocycles. The lowest BCUT2D eigenvalue weighted by Crippen LogP contribution is -2.23. The maximum absolute atomic E-state index is 13.3. The summed E-state index contributed by atoms with van der Waals surface area (Å²) in [7, 11) is 1.68. The van der Waals surface area contributed by atoms with Gasteiger partial charge in [0.05, 0.1) is 24.9 Å². The van der Waals surface area contributed by atoms with Crippen molar-refractivity contribution in [2.24, 2.45) is 0 Å². The van der Waals surface area contributed by atoms with E-state index in [2.05, 4.69) is 20.9 Å². The molecule has 0 amide bonds. The molecule has 5 nitrogen and oxygen atoms in total. The van der Waals surface area contributed by atoms with Gasteiger partial charge in [0.15, 0.2) is 11.5 Å². The molecular weight excluding hydrogens is 393 g/mol. The van der Waals surface area contributed by atoms with Crippen molar-refractivity contribution in [1.29, 1.82) is 0 Å². The molecule has 7 heteroatoms. The molecule has 0 radical (unpaired) electrons. The number of likely N-dealkylation sites (tertiary alicyclic amines) is 1. The Bertz CT molecular complexity index is 1000. The summed E-state index contributed by atoms with van der Waals surface area (Å²) < 4.78 is 24.9. The summed E-state index contributed by atoms with van der Waals surface area (Å²) in [5.41, 5.74) is 3.35. The van der Waals surface area contributed by atoms with Gasteiger partial charge in [-0.05, 0) is 37.8 Å². The minimum Gasteiger partial charge on any atom is -0.493 e. The van der Waals surface area contributed by atoms with Gasteiger partial charge in [-0.3, -0.25) is 4.98 Å². The van der Waals surface area contributed by atoms with Crippen molar-refractivity contribution < 1.29 is 13.9 Å². The number of alkyl halides is 1. The van der Waals surface area contributed by atoms with Gasteiger partial charge in [-0.25, -0.2) is 4.39 Å². The van der Waals surface area contributed by atoms with Gasteiger partial charge in [-0.15, -0.1) is 12.4 Å². The number of ether oxygens (including phenoxy) is 2. The van der Waals surface area contributed by atoms with Crippen LogP contribution >= 0.6 is 12.4 Å². The number of fused-ring (bicyclic) bond motifs is 3. The van der Waals surface area contributed by atoms with Crippen LogP contribution in [0.3, 0.4) is 0 Å². The number of aromatic nitrogens is 2. The molecule has 3 heterocycles. The SMILES string of the molecule is COc1cc2c(cc1OCCCN1CC[C@H](F)C1)[nH]c1ccnc(C3CC3)c12.Cl. The van der Waals surface area contributed by atoms with Crippen molar-refractivity contribution in [2.75, 3.05) is 33.4 Å². The van der Waals surface area contributed by atoms with Crippen LogP contribution in [0.15, 0.2) is 24.4 Å². The summed E-state index contributed by atoms with van der Waals surface area (Å²) in [6, 6.07) is 6.12. The first kappa shape index (κ1) is 20.2. The van der Waals surface area contributed by atoms with E-state index < -0.39 is 6.17 Å². The second-order valence-corrected chi connectivity index (χ2v) is 7.96. The predicted octanol–water partition coefficient (Wildman–Crippen LogP) is 4.84. The molecule has 2 aromatic heterocycles. The summed E-state index contributed by atoms with van der Waals surface area (Å²) in [6.45, 7) is 2.86. The Labute approximate surface area is 176 Å². The van der Waals surface area contributed by atoms with Crippen LogP contribution in [0.2, 0.25) is 0 Å². The van der Waals surface area contributed by atoms with E-state index in [0.29, 0.717) is 25.5 Å². The van der Waals surface area contributed by atoms with E-state index in [9.17, 15) is 4.39 Å². The molecule has 0 unspecified atom stereocenters. The molecule has 29 heavy (non-hydrogen) atoms. The van der Waals surface area contributed by atoms with Crippen molar-refractivity contribution in [3.05, 3.63) is 30.1 Å². The molecule has 1 aliphatic heterocycles. The smallest absolute Gasteiger partial charge is 0.163 e. The third-order valence-corrected chi connectivity index (χ3v) is 5.88. The summed E-state index contributed by atoms with van der Waals surface area (Å²) in [5, 5.41) is 2.35. The molecule has 5 rings (SSSR count). The molecule has 0 bridgehead atoms. The van der Waals surface area contributed by atoms with Crippen molar-refractivity contribution >= 4 is 34.2 Å². The number of aromatic amines is 1. The molecule has 2 aliphatic rings. The molecule has 1 saturated carbocycles. The van der Waals surface area contributed by atoms with Crippen LogP contribution in [0.5, 0.6) is 11.5 Å². The highest BCUT2D eigenvalue weighted by Gasteiger charge is 2.28. The van der Waals surface area contributed by atoms with E-state index in [0.717, 1.165) is 47.4 Å². The molecule has 1 atom stereocenters. The van der Waals surface area contributed by atoms with Crippen molar-refractivity contribution in [3.63, 3.8) is 0 Å². The largest absolute Gasteiger partial charge is 0.493 e. The average Bonchev–Trinajstić information content (AvgIpc) is 3.37. The average molecular weight is 420 g/mol. The molecule has 1 saturated heterocycles. The van der Waals surface area contributed by atoms with Crippen LogP contribution < -0.4 is 9.47 Å². The quantitative estimate of drug-likeness (QED) is 0.557. The van der Waals surface area contributed by atoms with Crippen LogP contribution in [0.25, 0.3) is 21.8 Å². The fraction of sp³-hybridized carbons (Fsp3) is 0.500. The Balaban J connectivity index is 0.00000205. The lowest BCUT2D eigenvalue weighted by atomic mass is 10.1. The number of benzene rings is 1. The molecule has 1 N–H and O–H groups in total. The van der Waals surface area contributed by atoms with Gasteiger partial charge in [-0.1, -0.05) is 0 Å². The minimum atomic E-state index is -0.666. The third kappa shape index (κ3) is 4.01. The standard InChI is InChI=1S/C22H26FN3O2.ClH/c1-27-19-11-16-18(25-17-5-7-24-22(21(16)17)14-3-4-14)12-20(19)28-10-2-8-26-9-6-15(23)13-26;/h5,7,11-12,14-15,25H,2-4,6,8-10,13H2,1H3;1H/t15-;/m0./s1. The van der Waals surface area contributed by atoms with Crippen molar-refractivity contribution in [1.82, 2.24) is 14.9 Å². The maximum Gasteiger partial charge on any atom is 0.163 e. The van der Waals surface area contributed by atoms with E-state index in [-0.39, 0.29) is 12.4 Å². The number of methoxy groups -OCH3 is 1. The van der Waals surface area contributed by atoms with Gasteiger partial charge in [0.2, 0.25) is 0 Å². The van der Waals surface area contributed by atoms with Gasteiger partial charge in [0.25, 0.3) is 0 Å². The normalized spacial score (nSPS) is 19.6. The third-order valence-electron chi connectivity index (χ3n) is 5.88. The number of rotatable bonds is 7. The van der Waals surface area contributed by atoms with E-state index in [4.69, 9.17) is 9.47 Å². The van der Waals surface area contributed by atoms with E-state index >= 15 is 0 Å². The zero-order valence-electron chi connectivity index (χ0n) is 16.6. The summed E-state index contributed by atoms with van der Waals surface area (Å²) >= 11 is 0. The summed E-state index contributed by atoms with van der Waals surface area (Å²) in [6.07, 6.45) is 5.19. The first-order valence-corrected chi connectivity index (χ1v) is 10.2. The monoisotopic (exact) mass is 419 g/mol. The van der Waals surface area contributed by atoms with Gasteiger partial charge >= 0.3 is 0 Å². The van der Waals surface area contributed by atoms with Crippen LogP contribution in [0, 0.1) is 0 Å². The van der Waals surface area contributed by atoms with E-state index in [1.54, 1.807) is 7.11 Å². The van der Waals surface area contributed by atoms with Gasteiger partial charge < -0.3 is 19.4 Å². The Morgan fingerprint density at radius 2 is 2.07 bits per heavy atom. The fourth-order valence-electron chi connectivity index (χ4n) is 4.28. The van der Waals surface area contributed by atoms with Crippen LogP contribution in [-0.2, 0) is 0 Å². The topological polar surface area (TPSA) is 50.4 Å². The van der Waals surface area contributed by atoms with Crippen molar-refractivity contribution in [3.8, 4) is 11.5 Å². The highest BCUT2D eigenvalue weighted by molar-refractivity contribution is 6.09. The Kier molecular flexibility index (Phi) is 5.83. The second kappa shape index (κ2) is 8.36. The number of nitrogens with zero attached hydrogens (tertiary/aromatic N) is 2. The number of pyridine rings is 1. The van der Waals surface area contributed by atoms with Crippen LogP contribution in [0.1, 0.15) is 37.3 Å². The number of hydrogen-bond acceptors (Lipinski definition) is 4. The maximum atomic E-state index is 13.3. The highest BCUT2D eigenvalue weighted by Crippen LogP contribution is 2.45. The molecule has 3 aromatic rings. The zero-order chi connectivity index (χ0) is 19.1. The zero-order valence-corrected chi connectivity index (χ0v) is 17.4. The number of hydrogen-bond donors (Lipinski definition) is 1. The Morgan fingerprint density at radius 1 is 1.21 bits per heavy atom. The molecule has 0 spiro atoms. The number of H-pyrrole nitrogens is 1. The summed E-state index contributed by atoms with van der Waals surface area (Å²) in [5.74, 6) is 2.07. The number of halogens is 2. The Hall–Kier alpha value is -2.05. The Morgan fingerprint density at radius 3 is 2.79 bits per heavy atom. The summed E-state index contributed by atoms with van der Waals surface area (Å²) in [4.78, 5) is 10.3. The first-order chi connectivity index (χ1) is 13.7. The predicted molar refractivity (Wildman–Crippen MR) is 115 cm³/mol. The van der Waals surface area contributed by atoms with Gasteiger partial charge in [-0.2, -0.15) is 0 Å².